The number of aliphatic hydroxyl groups excluding tert-OH is 1. The second kappa shape index (κ2) is 7.07. The van der Waals surface area contributed by atoms with Crippen LogP contribution in [0.4, 0.5) is 13.2 Å². The standard InChI is InChI=1S/C8H13F3N2O4/c9-8(10,11)4-17-2-1-6(15)13-3-5(14)7(12)16/h5,14H,1-4H2,(H2,12,16)(H,13,15). The molecule has 100 valence electrons. The molecule has 0 saturated heterocycles. The quantitative estimate of drug-likeness (QED) is 0.505. The molecule has 0 aromatic rings. The van der Waals surface area contributed by atoms with E-state index in [-0.39, 0.29) is 13.0 Å². The van der Waals surface area contributed by atoms with Gasteiger partial charge in [-0.25, -0.2) is 0 Å². The van der Waals surface area contributed by atoms with Gasteiger partial charge in [-0.1, -0.05) is 0 Å². The lowest BCUT2D eigenvalue weighted by Crippen LogP contribution is -2.40. The van der Waals surface area contributed by atoms with E-state index in [1.165, 1.54) is 0 Å². The maximum Gasteiger partial charge on any atom is 0.411 e. The monoisotopic (exact) mass is 258 g/mol. The van der Waals surface area contributed by atoms with Gasteiger partial charge in [0.15, 0.2) is 0 Å². The fourth-order valence-corrected chi connectivity index (χ4v) is 0.752. The van der Waals surface area contributed by atoms with Crippen molar-refractivity contribution in [2.24, 2.45) is 5.73 Å². The van der Waals surface area contributed by atoms with Crippen molar-refractivity contribution in [3.05, 3.63) is 0 Å². The number of primary amides is 1. The van der Waals surface area contributed by atoms with Gasteiger partial charge in [-0.15, -0.1) is 0 Å². The third kappa shape index (κ3) is 9.57. The molecule has 1 unspecified atom stereocenters. The van der Waals surface area contributed by atoms with E-state index in [1.54, 1.807) is 0 Å². The smallest absolute Gasteiger partial charge is 0.381 e. The van der Waals surface area contributed by atoms with Crippen LogP contribution in [0.5, 0.6) is 0 Å². The number of rotatable bonds is 7. The second-order valence-electron chi connectivity index (χ2n) is 3.14. The Bertz CT molecular complexity index is 270. The summed E-state index contributed by atoms with van der Waals surface area (Å²) in [5, 5.41) is 11.0. The number of nitrogens with one attached hydrogen (secondary N) is 1. The molecule has 0 aliphatic rings. The second-order valence-corrected chi connectivity index (χ2v) is 3.14. The highest BCUT2D eigenvalue weighted by Gasteiger charge is 2.27. The molecule has 2 amide bonds. The first-order valence-electron chi connectivity index (χ1n) is 4.61. The molecule has 0 spiro atoms. The highest BCUT2D eigenvalue weighted by Crippen LogP contribution is 2.14. The molecule has 6 nitrogen and oxygen atoms in total. The summed E-state index contributed by atoms with van der Waals surface area (Å²) in [6.07, 6.45) is -6.25. The first-order chi connectivity index (χ1) is 7.72. The molecular formula is C8H13F3N2O4. The average molecular weight is 258 g/mol. The van der Waals surface area contributed by atoms with Gasteiger partial charge in [0.05, 0.1) is 13.2 Å². The van der Waals surface area contributed by atoms with Gasteiger partial charge < -0.3 is 20.9 Å². The van der Waals surface area contributed by atoms with Crippen molar-refractivity contribution in [1.82, 2.24) is 5.32 Å². The van der Waals surface area contributed by atoms with Crippen LogP contribution in [0.25, 0.3) is 0 Å². The Kier molecular flexibility index (Phi) is 6.51. The van der Waals surface area contributed by atoms with Crippen molar-refractivity contribution in [2.45, 2.75) is 18.7 Å². The number of carbonyl (C=O) groups excluding carboxylic acids is 2. The Balaban J connectivity index is 3.57. The topological polar surface area (TPSA) is 102 Å². The number of carbonyl (C=O) groups is 2. The van der Waals surface area contributed by atoms with Crippen molar-refractivity contribution in [1.29, 1.82) is 0 Å². The fourth-order valence-electron chi connectivity index (χ4n) is 0.752. The first kappa shape index (κ1) is 15.7. The zero-order valence-corrected chi connectivity index (χ0v) is 8.79. The van der Waals surface area contributed by atoms with Gasteiger partial charge in [0.25, 0.3) is 0 Å². The highest BCUT2D eigenvalue weighted by atomic mass is 19.4. The Labute approximate surface area is 94.9 Å². The minimum absolute atomic E-state index is 0.304. The number of hydrogen-bond acceptors (Lipinski definition) is 4. The summed E-state index contributed by atoms with van der Waals surface area (Å²) in [6, 6.07) is 0. The third-order valence-electron chi connectivity index (χ3n) is 1.56. The Morgan fingerprint density at radius 3 is 2.47 bits per heavy atom. The van der Waals surface area contributed by atoms with Gasteiger partial charge in [0.2, 0.25) is 11.8 Å². The van der Waals surface area contributed by atoms with E-state index in [1.807, 2.05) is 0 Å². The summed E-state index contributed by atoms with van der Waals surface area (Å²) in [5.74, 6) is -1.65. The maximum absolute atomic E-state index is 11.6. The molecule has 0 radical (unpaired) electrons. The molecule has 0 aromatic carbocycles. The van der Waals surface area contributed by atoms with Gasteiger partial charge in [-0.05, 0) is 0 Å². The van der Waals surface area contributed by atoms with Gasteiger partial charge >= 0.3 is 6.18 Å². The molecule has 0 heterocycles. The van der Waals surface area contributed by atoms with Crippen LogP contribution >= 0.6 is 0 Å². The highest BCUT2D eigenvalue weighted by molar-refractivity contribution is 5.80. The zero-order chi connectivity index (χ0) is 13.5. The lowest BCUT2D eigenvalue weighted by atomic mass is 10.3. The Morgan fingerprint density at radius 1 is 1.41 bits per heavy atom. The molecule has 0 fully saturated rings. The molecule has 4 N–H and O–H groups in total. The molecule has 0 aliphatic heterocycles. The maximum atomic E-state index is 11.6. The number of alkyl halides is 3. The van der Waals surface area contributed by atoms with Crippen LogP contribution in [0, 0.1) is 0 Å². The first-order valence-corrected chi connectivity index (χ1v) is 4.61. The SMILES string of the molecule is NC(=O)C(O)CNC(=O)CCOCC(F)(F)F. The van der Waals surface area contributed by atoms with E-state index in [2.05, 4.69) is 10.1 Å². The lowest BCUT2D eigenvalue weighted by molar-refractivity contribution is -0.174. The predicted molar refractivity (Wildman–Crippen MR) is 49.7 cm³/mol. The molecule has 17 heavy (non-hydrogen) atoms. The van der Waals surface area contributed by atoms with Crippen LogP contribution in [-0.4, -0.2) is 49.0 Å². The molecule has 1 atom stereocenters. The molecule has 0 saturated carbocycles. The number of halogens is 3. The molecule has 0 bridgehead atoms. The minimum atomic E-state index is -4.43. The third-order valence-corrected chi connectivity index (χ3v) is 1.56. The average Bonchev–Trinajstić information content (AvgIpc) is 2.19. The summed E-state index contributed by atoms with van der Waals surface area (Å²) in [6.45, 7) is -2.21. The summed E-state index contributed by atoms with van der Waals surface area (Å²) < 4.78 is 39.0. The van der Waals surface area contributed by atoms with Crippen LogP contribution in [0.15, 0.2) is 0 Å². The van der Waals surface area contributed by atoms with Gasteiger partial charge in [0.1, 0.15) is 12.7 Å². The van der Waals surface area contributed by atoms with Gasteiger partial charge in [-0.2, -0.15) is 13.2 Å². The van der Waals surface area contributed by atoms with E-state index in [0.717, 1.165) is 0 Å². The molecule has 0 aliphatic carbocycles. The number of amides is 2. The van der Waals surface area contributed by atoms with Gasteiger partial charge in [0, 0.05) is 6.42 Å². The Hall–Kier alpha value is -1.35. The van der Waals surface area contributed by atoms with E-state index in [0.29, 0.717) is 0 Å². The number of aliphatic hydroxyl groups is 1. The van der Waals surface area contributed by atoms with Gasteiger partial charge in [-0.3, -0.25) is 9.59 Å². The molecule has 0 aromatic heterocycles. The fraction of sp³-hybridized carbons (Fsp3) is 0.750. The van der Waals surface area contributed by atoms with E-state index < -0.39 is 37.3 Å². The zero-order valence-electron chi connectivity index (χ0n) is 8.79. The number of ether oxygens (including phenoxy) is 1. The molecule has 0 rings (SSSR count). The summed E-state index contributed by atoms with van der Waals surface area (Å²) in [7, 11) is 0. The minimum Gasteiger partial charge on any atom is -0.381 e. The van der Waals surface area contributed by atoms with E-state index in [9.17, 15) is 22.8 Å². The summed E-state index contributed by atoms with van der Waals surface area (Å²) >= 11 is 0. The van der Waals surface area contributed by atoms with Crippen LogP contribution in [0.2, 0.25) is 0 Å². The van der Waals surface area contributed by atoms with Crippen LogP contribution < -0.4 is 11.1 Å². The molecular weight excluding hydrogens is 245 g/mol. The summed E-state index contributed by atoms with van der Waals surface area (Å²) in [5.41, 5.74) is 4.70. The Morgan fingerprint density at radius 2 is 2.00 bits per heavy atom. The van der Waals surface area contributed by atoms with Crippen molar-refractivity contribution < 1.29 is 32.6 Å². The van der Waals surface area contributed by atoms with Crippen LogP contribution in [0.1, 0.15) is 6.42 Å². The van der Waals surface area contributed by atoms with Crippen molar-refractivity contribution in [3.8, 4) is 0 Å². The van der Waals surface area contributed by atoms with Crippen LogP contribution in [0.3, 0.4) is 0 Å². The van der Waals surface area contributed by atoms with Crippen LogP contribution in [-0.2, 0) is 14.3 Å². The predicted octanol–water partition coefficient (Wildman–Crippen LogP) is -1.08. The molecule has 9 heteroatoms. The largest absolute Gasteiger partial charge is 0.411 e. The van der Waals surface area contributed by atoms with Crippen molar-refractivity contribution >= 4 is 11.8 Å². The van der Waals surface area contributed by atoms with E-state index >= 15 is 0 Å². The van der Waals surface area contributed by atoms with E-state index in [4.69, 9.17) is 10.8 Å². The van der Waals surface area contributed by atoms with Crippen molar-refractivity contribution in [2.75, 3.05) is 19.8 Å². The summed E-state index contributed by atoms with van der Waals surface area (Å²) in [4.78, 5) is 21.3. The lowest BCUT2D eigenvalue weighted by Gasteiger charge is -2.09. The number of hydrogen-bond donors (Lipinski definition) is 3. The number of nitrogens with two attached hydrogens (primary N) is 1. The van der Waals surface area contributed by atoms with Crippen molar-refractivity contribution in [3.63, 3.8) is 0 Å². The normalized spacial score (nSPS) is 13.2.